The van der Waals surface area contributed by atoms with E-state index >= 15 is 0 Å². The summed E-state index contributed by atoms with van der Waals surface area (Å²) in [6, 6.07) is 6.28. The van der Waals surface area contributed by atoms with E-state index in [1.165, 1.54) is 12.1 Å². The summed E-state index contributed by atoms with van der Waals surface area (Å²) in [6.07, 6.45) is 2.14. The second kappa shape index (κ2) is 8.85. The Morgan fingerprint density at radius 2 is 1.92 bits per heavy atom. The van der Waals surface area contributed by atoms with Gasteiger partial charge < -0.3 is 15.5 Å². The van der Waals surface area contributed by atoms with E-state index in [1.807, 2.05) is 11.8 Å². The van der Waals surface area contributed by atoms with E-state index in [0.29, 0.717) is 19.0 Å². The number of hydrogen-bond donors (Lipinski definition) is 2. The van der Waals surface area contributed by atoms with Crippen LogP contribution in [0.25, 0.3) is 0 Å². The maximum atomic E-state index is 12.0. The number of aliphatic imine (C=N–C) groups is 1. The molecule has 1 heterocycles. The minimum Gasteiger partial charge on any atom is -0.357 e. The molecule has 2 rings (SSSR count). The minimum absolute atomic E-state index is 0.0592. The van der Waals surface area contributed by atoms with E-state index in [1.54, 1.807) is 12.1 Å². The van der Waals surface area contributed by atoms with Crippen LogP contribution in [0.1, 0.15) is 25.3 Å². The first-order valence-electron chi connectivity index (χ1n) is 8.13. The van der Waals surface area contributed by atoms with E-state index in [9.17, 15) is 14.9 Å². The molecule has 0 aromatic heterocycles. The summed E-state index contributed by atoms with van der Waals surface area (Å²) in [6.45, 7) is 4.89. The van der Waals surface area contributed by atoms with Crippen LogP contribution in [0.2, 0.25) is 0 Å². The van der Waals surface area contributed by atoms with Crippen LogP contribution in [0.3, 0.4) is 0 Å². The van der Waals surface area contributed by atoms with Crippen LogP contribution in [0, 0.1) is 10.1 Å². The zero-order chi connectivity index (χ0) is 17.4. The molecule has 0 unspecified atom stereocenters. The average Bonchev–Trinajstić information content (AvgIpc) is 3.12. The van der Waals surface area contributed by atoms with Gasteiger partial charge in [-0.2, -0.15) is 0 Å². The summed E-state index contributed by atoms with van der Waals surface area (Å²) >= 11 is 0. The maximum absolute atomic E-state index is 12.0. The molecule has 0 aliphatic carbocycles. The van der Waals surface area contributed by atoms with Gasteiger partial charge in [0.2, 0.25) is 5.91 Å². The Hall–Kier alpha value is -2.64. The van der Waals surface area contributed by atoms with Gasteiger partial charge in [0.15, 0.2) is 5.96 Å². The number of amides is 1. The van der Waals surface area contributed by atoms with Crippen LogP contribution in [0.4, 0.5) is 5.69 Å². The molecule has 1 fully saturated rings. The number of hydrogen-bond acceptors (Lipinski definition) is 4. The van der Waals surface area contributed by atoms with Crippen LogP contribution in [-0.4, -0.2) is 47.9 Å². The number of nitrogens with one attached hydrogen (secondary N) is 2. The molecule has 0 spiro atoms. The normalized spacial score (nSPS) is 14.5. The van der Waals surface area contributed by atoms with Crippen molar-refractivity contribution in [3.8, 4) is 0 Å². The predicted octanol–water partition coefficient (Wildman–Crippen LogP) is 1.27. The summed E-state index contributed by atoms with van der Waals surface area (Å²) in [5.41, 5.74) is 0.924. The molecule has 130 valence electrons. The zero-order valence-corrected chi connectivity index (χ0v) is 13.8. The van der Waals surface area contributed by atoms with Crippen LogP contribution in [0.15, 0.2) is 29.3 Å². The van der Waals surface area contributed by atoms with Gasteiger partial charge in [0.05, 0.1) is 18.0 Å². The molecule has 0 atom stereocenters. The Morgan fingerprint density at radius 3 is 2.50 bits per heavy atom. The van der Waals surface area contributed by atoms with Crippen LogP contribution >= 0.6 is 0 Å². The number of rotatable bonds is 6. The van der Waals surface area contributed by atoms with Gasteiger partial charge in [-0.3, -0.25) is 14.9 Å². The number of nitro groups is 1. The number of nitro benzene ring substituents is 1. The third-order valence-corrected chi connectivity index (χ3v) is 3.78. The Labute approximate surface area is 141 Å². The van der Waals surface area contributed by atoms with Crippen molar-refractivity contribution in [3.63, 3.8) is 0 Å². The van der Waals surface area contributed by atoms with E-state index in [0.717, 1.165) is 31.5 Å². The molecule has 1 amide bonds. The molecule has 0 bridgehead atoms. The van der Waals surface area contributed by atoms with Crippen molar-refractivity contribution in [1.82, 2.24) is 15.5 Å². The number of likely N-dealkylation sites (tertiary alicyclic amines) is 1. The largest absolute Gasteiger partial charge is 0.357 e. The summed E-state index contributed by atoms with van der Waals surface area (Å²) in [5, 5.41) is 16.8. The van der Waals surface area contributed by atoms with Gasteiger partial charge in [-0.25, -0.2) is 4.99 Å². The van der Waals surface area contributed by atoms with E-state index < -0.39 is 4.92 Å². The van der Waals surface area contributed by atoms with Crippen molar-refractivity contribution in [3.05, 3.63) is 39.9 Å². The van der Waals surface area contributed by atoms with Gasteiger partial charge in [0.1, 0.15) is 0 Å². The molecule has 1 saturated heterocycles. The zero-order valence-electron chi connectivity index (χ0n) is 13.8. The Bertz CT molecular complexity index is 594. The van der Waals surface area contributed by atoms with Gasteiger partial charge in [-0.1, -0.05) is 12.1 Å². The molecule has 1 aliphatic heterocycles. The number of nitrogens with zero attached hydrogens (tertiary/aromatic N) is 3. The van der Waals surface area contributed by atoms with Crippen LogP contribution in [-0.2, 0) is 11.3 Å². The molecule has 0 saturated carbocycles. The third kappa shape index (κ3) is 5.22. The monoisotopic (exact) mass is 333 g/mol. The average molecular weight is 333 g/mol. The fourth-order valence-corrected chi connectivity index (χ4v) is 2.47. The topological polar surface area (TPSA) is 99.9 Å². The highest BCUT2D eigenvalue weighted by Crippen LogP contribution is 2.12. The van der Waals surface area contributed by atoms with Crippen molar-refractivity contribution < 1.29 is 9.72 Å². The van der Waals surface area contributed by atoms with Gasteiger partial charge >= 0.3 is 0 Å². The summed E-state index contributed by atoms with van der Waals surface area (Å²) < 4.78 is 0. The molecule has 8 heteroatoms. The van der Waals surface area contributed by atoms with E-state index in [2.05, 4.69) is 15.6 Å². The number of guanidine groups is 1. The molecule has 24 heavy (non-hydrogen) atoms. The van der Waals surface area contributed by atoms with Gasteiger partial charge in [-0.05, 0) is 25.3 Å². The fourth-order valence-electron chi connectivity index (χ4n) is 2.47. The first-order valence-corrected chi connectivity index (χ1v) is 8.13. The lowest BCUT2D eigenvalue weighted by atomic mass is 10.2. The van der Waals surface area contributed by atoms with Gasteiger partial charge in [0, 0.05) is 31.8 Å². The molecule has 8 nitrogen and oxygen atoms in total. The highest BCUT2D eigenvalue weighted by atomic mass is 16.6. The van der Waals surface area contributed by atoms with E-state index in [4.69, 9.17) is 0 Å². The Morgan fingerprint density at radius 1 is 1.25 bits per heavy atom. The second-order valence-corrected chi connectivity index (χ2v) is 5.56. The van der Waals surface area contributed by atoms with Crippen molar-refractivity contribution >= 4 is 17.6 Å². The highest BCUT2D eigenvalue weighted by Gasteiger charge is 2.17. The van der Waals surface area contributed by atoms with Crippen molar-refractivity contribution in [2.45, 2.75) is 26.3 Å². The summed E-state index contributed by atoms with van der Waals surface area (Å²) in [7, 11) is 0. The van der Waals surface area contributed by atoms with Gasteiger partial charge in [0.25, 0.3) is 5.69 Å². The lowest BCUT2D eigenvalue weighted by Gasteiger charge is -2.17. The smallest absolute Gasteiger partial charge is 0.269 e. The van der Waals surface area contributed by atoms with Crippen LogP contribution < -0.4 is 10.6 Å². The number of carbonyl (C=O) groups is 1. The Balaban J connectivity index is 1.89. The third-order valence-electron chi connectivity index (χ3n) is 3.78. The van der Waals surface area contributed by atoms with Crippen molar-refractivity contribution in [2.24, 2.45) is 4.99 Å². The lowest BCUT2D eigenvalue weighted by molar-refractivity contribution is -0.384. The maximum Gasteiger partial charge on any atom is 0.269 e. The summed E-state index contributed by atoms with van der Waals surface area (Å²) in [4.78, 5) is 28.5. The molecule has 1 aromatic carbocycles. The molecule has 0 radical (unpaired) electrons. The Kier molecular flexibility index (Phi) is 6.53. The van der Waals surface area contributed by atoms with E-state index in [-0.39, 0.29) is 18.1 Å². The number of non-ortho nitro benzene ring substituents is 1. The molecular formula is C16H23N5O3. The first kappa shape index (κ1) is 17.7. The van der Waals surface area contributed by atoms with Crippen molar-refractivity contribution in [1.29, 1.82) is 0 Å². The minimum atomic E-state index is -0.428. The number of carbonyl (C=O) groups excluding carboxylic acids is 1. The van der Waals surface area contributed by atoms with Gasteiger partial charge in [-0.15, -0.1) is 0 Å². The molecule has 1 aromatic rings. The quantitative estimate of drug-likeness (QED) is 0.353. The first-order chi connectivity index (χ1) is 11.6. The number of benzene rings is 1. The highest BCUT2D eigenvalue weighted by molar-refractivity contribution is 5.86. The van der Waals surface area contributed by atoms with Crippen molar-refractivity contribution in [2.75, 3.05) is 26.2 Å². The standard InChI is InChI=1S/C16H23N5O3/c1-2-17-16(19-12-15(22)20-9-3-4-10-20)18-11-13-5-7-14(8-6-13)21(23)24/h5-8H,2-4,9-12H2,1H3,(H2,17,18,19). The van der Waals surface area contributed by atoms with Crippen LogP contribution in [0.5, 0.6) is 0 Å². The molecular weight excluding hydrogens is 310 g/mol. The predicted molar refractivity (Wildman–Crippen MR) is 91.7 cm³/mol. The fraction of sp³-hybridized carbons (Fsp3) is 0.500. The SMILES string of the molecule is CCNC(=NCc1ccc([N+](=O)[O-])cc1)NCC(=O)N1CCCC1. The lowest BCUT2D eigenvalue weighted by Crippen LogP contribution is -2.44. The summed E-state index contributed by atoms with van der Waals surface area (Å²) in [5.74, 6) is 0.636. The molecule has 2 N–H and O–H groups in total. The molecule has 1 aliphatic rings. The second-order valence-electron chi connectivity index (χ2n) is 5.56.